The van der Waals surface area contributed by atoms with Crippen molar-refractivity contribution in [1.82, 2.24) is 9.78 Å². The van der Waals surface area contributed by atoms with Gasteiger partial charge in [-0.05, 0) is 37.4 Å². The quantitative estimate of drug-likeness (QED) is 0.830. The first-order valence-electron chi connectivity index (χ1n) is 4.18. The van der Waals surface area contributed by atoms with Crippen LogP contribution in [0.1, 0.15) is 5.56 Å². The Kier molecular flexibility index (Phi) is 3.03. The highest BCUT2D eigenvalue weighted by Gasteiger charge is 2.04. The Morgan fingerprint density at radius 1 is 1.14 bits per heavy atom. The van der Waals surface area contributed by atoms with Crippen molar-refractivity contribution >= 4 is 31.9 Å². The maximum atomic E-state index is 4.23. The zero-order chi connectivity index (χ0) is 9.97. The number of halogens is 2. The first kappa shape index (κ1) is 9.93. The Labute approximate surface area is 99.2 Å². The van der Waals surface area contributed by atoms with Crippen molar-refractivity contribution in [2.75, 3.05) is 0 Å². The van der Waals surface area contributed by atoms with Crippen LogP contribution in [0.15, 0.2) is 45.6 Å². The number of benzene rings is 1. The molecular weight excluding hydrogens is 308 g/mol. The molecule has 0 bridgehead atoms. The van der Waals surface area contributed by atoms with Gasteiger partial charge in [0, 0.05) is 0 Å². The lowest BCUT2D eigenvalue weighted by atomic mass is 10.2. The van der Waals surface area contributed by atoms with Gasteiger partial charge in [-0.25, -0.2) is 0 Å². The topological polar surface area (TPSA) is 17.8 Å². The Bertz CT molecular complexity index is 423. The van der Waals surface area contributed by atoms with E-state index in [1.807, 2.05) is 22.9 Å². The summed E-state index contributed by atoms with van der Waals surface area (Å²) in [5.74, 6) is 0. The van der Waals surface area contributed by atoms with Crippen molar-refractivity contribution in [2.45, 2.75) is 6.54 Å². The van der Waals surface area contributed by atoms with Crippen molar-refractivity contribution in [2.24, 2.45) is 0 Å². The van der Waals surface area contributed by atoms with E-state index in [-0.39, 0.29) is 0 Å². The molecule has 0 atom stereocenters. The second kappa shape index (κ2) is 4.28. The molecular formula is C10H8Br2N2. The van der Waals surface area contributed by atoms with Gasteiger partial charge in [0.25, 0.3) is 0 Å². The van der Waals surface area contributed by atoms with Crippen LogP contribution in [0.5, 0.6) is 0 Å². The molecule has 0 amide bonds. The number of nitrogens with zero attached hydrogens (tertiary/aromatic N) is 2. The molecule has 0 aliphatic carbocycles. The van der Waals surface area contributed by atoms with Gasteiger partial charge in [0.15, 0.2) is 0 Å². The normalized spacial score (nSPS) is 10.4. The summed E-state index contributed by atoms with van der Waals surface area (Å²) in [7, 11) is 0. The predicted molar refractivity (Wildman–Crippen MR) is 63.2 cm³/mol. The standard InChI is InChI=1S/C10H8Br2N2/c11-9-6-13-14(10(9)12)7-8-4-2-1-3-5-8/h1-6H,7H2. The van der Waals surface area contributed by atoms with Gasteiger partial charge in [0.1, 0.15) is 4.60 Å². The highest BCUT2D eigenvalue weighted by molar-refractivity contribution is 9.13. The minimum Gasteiger partial charge on any atom is -0.253 e. The molecule has 1 heterocycles. The van der Waals surface area contributed by atoms with E-state index in [0.717, 1.165) is 15.6 Å². The highest BCUT2D eigenvalue weighted by Crippen LogP contribution is 2.22. The first-order chi connectivity index (χ1) is 6.77. The molecule has 72 valence electrons. The maximum Gasteiger partial charge on any atom is 0.118 e. The lowest BCUT2D eigenvalue weighted by Gasteiger charge is -2.02. The van der Waals surface area contributed by atoms with Crippen molar-refractivity contribution in [3.8, 4) is 0 Å². The molecule has 0 saturated carbocycles. The van der Waals surface area contributed by atoms with Gasteiger partial charge in [-0.1, -0.05) is 30.3 Å². The van der Waals surface area contributed by atoms with Crippen LogP contribution in [0, 0.1) is 0 Å². The van der Waals surface area contributed by atoms with Crippen LogP contribution in [-0.2, 0) is 6.54 Å². The van der Waals surface area contributed by atoms with Crippen molar-refractivity contribution < 1.29 is 0 Å². The second-order valence-electron chi connectivity index (χ2n) is 2.93. The molecule has 0 aliphatic rings. The van der Waals surface area contributed by atoms with Gasteiger partial charge >= 0.3 is 0 Å². The van der Waals surface area contributed by atoms with Gasteiger partial charge in [-0.3, -0.25) is 4.68 Å². The fourth-order valence-electron chi connectivity index (χ4n) is 1.21. The molecule has 0 unspecified atom stereocenters. The van der Waals surface area contributed by atoms with E-state index in [2.05, 4.69) is 49.1 Å². The number of aromatic nitrogens is 2. The summed E-state index contributed by atoms with van der Waals surface area (Å²) in [6.45, 7) is 0.785. The Hall–Kier alpha value is -0.610. The Morgan fingerprint density at radius 3 is 2.43 bits per heavy atom. The van der Waals surface area contributed by atoms with E-state index in [1.165, 1.54) is 5.56 Å². The molecule has 14 heavy (non-hydrogen) atoms. The first-order valence-corrected chi connectivity index (χ1v) is 5.76. The average Bonchev–Trinajstić information content (AvgIpc) is 2.52. The van der Waals surface area contributed by atoms with E-state index in [1.54, 1.807) is 6.20 Å². The summed E-state index contributed by atoms with van der Waals surface area (Å²) in [6, 6.07) is 10.2. The maximum absolute atomic E-state index is 4.23. The van der Waals surface area contributed by atoms with Crippen LogP contribution in [0.3, 0.4) is 0 Å². The molecule has 0 spiro atoms. The minimum absolute atomic E-state index is 0.785. The van der Waals surface area contributed by atoms with Crippen LogP contribution in [0.4, 0.5) is 0 Å². The zero-order valence-electron chi connectivity index (χ0n) is 7.32. The predicted octanol–water partition coefficient (Wildman–Crippen LogP) is 3.46. The summed E-state index contributed by atoms with van der Waals surface area (Å²) in [5, 5.41) is 4.23. The van der Waals surface area contributed by atoms with E-state index in [4.69, 9.17) is 0 Å². The summed E-state index contributed by atoms with van der Waals surface area (Å²) in [5.41, 5.74) is 1.24. The van der Waals surface area contributed by atoms with Gasteiger partial charge in [-0.2, -0.15) is 5.10 Å². The van der Waals surface area contributed by atoms with E-state index < -0.39 is 0 Å². The minimum atomic E-state index is 0.785. The lowest BCUT2D eigenvalue weighted by Crippen LogP contribution is -2.01. The van der Waals surface area contributed by atoms with Crippen LogP contribution in [0.25, 0.3) is 0 Å². The molecule has 0 fully saturated rings. The third kappa shape index (κ3) is 2.07. The van der Waals surface area contributed by atoms with E-state index in [9.17, 15) is 0 Å². The monoisotopic (exact) mass is 314 g/mol. The lowest BCUT2D eigenvalue weighted by molar-refractivity contribution is 0.671. The van der Waals surface area contributed by atoms with Crippen molar-refractivity contribution in [1.29, 1.82) is 0 Å². The summed E-state index contributed by atoms with van der Waals surface area (Å²) in [6.07, 6.45) is 1.78. The van der Waals surface area contributed by atoms with Crippen molar-refractivity contribution in [3.05, 3.63) is 51.2 Å². The van der Waals surface area contributed by atoms with E-state index in [0.29, 0.717) is 0 Å². The average molecular weight is 316 g/mol. The Balaban J connectivity index is 2.23. The number of rotatable bonds is 2. The van der Waals surface area contributed by atoms with Crippen LogP contribution < -0.4 is 0 Å². The molecule has 1 aromatic heterocycles. The van der Waals surface area contributed by atoms with Crippen LogP contribution in [0.2, 0.25) is 0 Å². The molecule has 2 aromatic rings. The molecule has 0 N–H and O–H groups in total. The third-order valence-corrected chi connectivity index (χ3v) is 3.86. The fourth-order valence-corrected chi connectivity index (χ4v) is 1.83. The number of hydrogen-bond acceptors (Lipinski definition) is 1. The van der Waals surface area contributed by atoms with Crippen molar-refractivity contribution in [3.63, 3.8) is 0 Å². The molecule has 4 heteroatoms. The molecule has 1 aromatic carbocycles. The number of hydrogen-bond donors (Lipinski definition) is 0. The second-order valence-corrected chi connectivity index (χ2v) is 4.53. The summed E-state index contributed by atoms with van der Waals surface area (Å²) >= 11 is 6.86. The van der Waals surface area contributed by atoms with E-state index >= 15 is 0 Å². The van der Waals surface area contributed by atoms with Crippen LogP contribution >= 0.6 is 31.9 Å². The Morgan fingerprint density at radius 2 is 1.86 bits per heavy atom. The van der Waals surface area contributed by atoms with Gasteiger partial charge in [-0.15, -0.1) is 0 Å². The SMILES string of the molecule is Brc1cnn(Cc2ccccc2)c1Br. The molecule has 2 rings (SSSR count). The largest absolute Gasteiger partial charge is 0.253 e. The summed E-state index contributed by atoms with van der Waals surface area (Å²) in [4.78, 5) is 0. The molecule has 0 radical (unpaired) electrons. The van der Waals surface area contributed by atoms with Gasteiger partial charge < -0.3 is 0 Å². The van der Waals surface area contributed by atoms with Crippen LogP contribution in [-0.4, -0.2) is 9.78 Å². The molecule has 0 saturated heterocycles. The fraction of sp³-hybridized carbons (Fsp3) is 0.100. The smallest absolute Gasteiger partial charge is 0.118 e. The highest BCUT2D eigenvalue weighted by atomic mass is 79.9. The molecule has 0 aliphatic heterocycles. The van der Waals surface area contributed by atoms with Gasteiger partial charge in [0.2, 0.25) is 0 Å². The summed E-state index contributed by atoms with van der Waals surface area (Å²) < 4.78 is 3.86. The van der Waals surface area contributed by atoms with Gasteiger partial charge in [0.05, 0.1) is 17.2 Å². The third-order valence-electron chi connectivity index (χ3n) is 1.91. The molecule has 2 nitrogen and oxygen atoms in total. The zero-order valence-corrected chi connectivity index (χ0v) is 10.5.